The van der Waals surface area contributed by atoms with Crippen LogP contribution in [0.5, 0.6) is 17.4 Å². The topological polar surface area (TPSA) is 117 Å². The molecule has 0 spiro atoms. The van der Waals surface area contributed by atoms with Crippen LogP contribution in [0.25, 0.3) is 0 Å². The van der Waals surface area contributed by atoms with Crippen LogP contribution in [0.3, 0.4) is 0 Å². The number of aromatic nitrogens is 3. The van der Waals surface area contributed by atoms with Gasteiger partial charge in [-0.2, -0.15) is 15.5 Å². The van der Waals surface area contributed by atoms with Crippen LogP contribution in [0.2, 0.25) is 0 Å². The van der Waals surface area contributed by atoms with Gasteiger partial charge in [0.2, 0.25) is 11.8 Å². The third-order valence-electron chi connectivity index (χ3n) is 4.90. The number of hydrogen-bond donors (Lipinski definition) is 1. The normalized spacial score (nSPS) is 10.1. The zero-order valence-electron chi connectivity index (χ0n) is 18.6. The van der Waals surface area contributed by atoms with Gasteiger partial charge in [0, 0.05) is 24.1 Å². The van der Waals surface area contributed by atoms with Crippen molar-refractivity contribution >= 4 is 11.6 Å². The van der Waals surface area contributed by atoms with Crippen LogP contribution in [0, 0.1) is 36.5 Å². The smallest absolute Gasteiger partial charge is 0.230 e. The van der Waals surface area contributed by atoms with Crippen molar-refractivity contribution in [3.63, 3.8) is 0 Å². The van der Waals surface area contributed by atoms with Crippen LogP contribution in [-0.4, -0.2) is 15.0 Å². The van der Waals surface area contributed by atoms with Gasteiger partial charge in [0.05, 0.1) is 11.6 Å². The number of nitriles is 2. The first-order chi connectivity index (χ1) is 16.6. The highest BCUT2D eigenvalue weighted by atomic mass is 16.5. The first kappa shape index (κ1) is 22.3. The molecule has 0 saturated heterocycles. The second kappa shape index (κ2) is 10.1. The fourth-order valence-electron chi connectivity index (χ4n) is 3.36. The van der Waals surface area contributed by atoms with E-state index in [0.717, 1.165) is 22.4 Å². The Morgan fingerprint density at radius 1 is 0.912 bits per heavy atom. The Morgan fingerprint density at radius 2 is 1.68 bits per heavy atom. The number of hydrogen-bond acceptors (Lipinski definition) is 8. The Hall–Kier alpha value is -4.95. The Kier molecular flexibility index (Phi) is 6.62. The molecule has 0 radical (unpaired) electrons. The maximum atomic E-state index is 9.17. The van der Waals surface area contributed by atoms with Crippen molar-refractivity contribution in [2.45, 2.75) is 20.5 Å². The van der Waals surface area contributed by atoms with Crippen LogP contribution >= 0.6 is 0 Å². The number of ether oxygens (including phenoxy) is 2. The summed E-state index contributed by atoms with van der Waals surface area (Å²) in [5.74, 6) is 1.93. The predicted molar refractivity (Wildman–Crippen MR) is 126 cm³/mol. The largest absolute Gasteiger partial charge is 0.486 e. The first-order valence-corrected chi connectivity index (χ1v) is 10.4. The fraction of sp³-hybridized carbons (Fsp3) is 0.115. The van der Waals surface area contributed by atoms with E-state index >= 15 is 0 Å². The number of rotatable bonds is 7. The van der Waals surface area contributed by atoms with Crippen molar-refractivity contribution < 1.29 is 9.47 Å². The summed E-state index contributed by atoms with van der Waals surface area (Å²) in [7, 11) is 0. The van der Waals surface area contributed by atoms with Crippen LogP contribution in [0.15, 0.2) is 67.0 Å². The molecule has 0 fully saturated rings. The summed E-state index contributed by atoms with van der Waals surface area (Å²) in [6, 6.07) is 20.2. The van der Waals surface area contributed by atoms with Crippen LogP contribution in [0.1, 0.15) is 27.9 Å². The van der Waals surface area contributed by atoms with Gasteiger partial charge in [0.1, 0.15) is 18.4 Å². The molecule has 1 N–H and O–H groups in total. The lowest BCUT2D eigenvalue weighted by atomic mass is 10.1. The minimum atomic E-state index is 0.255. The van der Waals surface area contributed by atoms with E-state index in [1.54, 1.807) is 54.9 Å². The number of nitrogens with one attached hydrogen (secondary N) is 1. The van der Waals surface area contributed by atoms with Crippen molar-refractivity contribution in [1.29, 1.82) is 10.5 Å². The van der Waals surface area contributed by atoms with Gasteiger partial charge in [-0.3, -0.25) is 0 Å². The minimum Gasteiger partial charge on any atom is -0.486 e. The molecule has 0 bridgehead atoms. The van der Waals surface area contributed by atoms with Gasteiger partial charge < -0.3 is 14.8 Å². The zero-order chi connectivity index (χ0) is 23.9. The van der Waals surface area contributed by atoms with Crippen LogP contribution in [-0.2, 0) is 6.61 Å². The van der Waals surface area contributed by atoms with Crippen molar-refractivity contribution in [1.82, 2.24) is 15.0 Å². The number of nitrogens with zero attached hydrogens (tertiary/aromatic N) is 5. The predicted octanol–water partition coefficient (Wildman–Crippen LogP) is 5.35. The lowest BCUT2D eigenvalue weighted by Crippen LogP contribution is -2.02. The summed E-state index contributed by atoms with van der Waals surface area (Å²) in [5, 5.41) is 21.2. The molecule has 2 heterocycles. The highest BCUT2D eigenvalue weighted by Crippen LogP contribution is 2.30. The molecule has 4 rings (SSSR count). The number of pyridine rings is 1. The molecule has 0 aliphatic carbocycles. The fourth-order valence-corrected chi connectivity index (χ4v) is 3.36. The molecule has 166 valence electrons. The molecule has 0 saturated carbocycles. The quantitative estimate of drug-likeness (QED) is 0.402. The average Bonchev–Trinajstić information content (AvgIpc) is 2.86. The van der Waals surface area contributed by atoms with Crippen molar-refractivity contribution in [3.05, 3.63) is 94.9 Å². The lowest BCUT2D eigenvalue weighted by molar-refractivity contribution is 0.303. The van der Waals surface area contributed by atoms with E-state index in [0.29, 0.717) is 35.5 Å². The Bertz CT molecular complexity index is 1380. The maximum absolute atomic E-state index is 9.17. The number of anilines is 2. The third-order valence-corrected chi connectivity index (χ3v) is 4.90. The molecular formula is C26H20N6O2. The molecule has 34 heavy (non-hydrogen) atoms. The second-order valence-electron chi connectivity index (χ2n) is 7.44. The highest BCUT2D eigenvalue weighted by Gasteiger charge is 2.11. The van der Waals surface area contributed by atoms with Gasteiger partial charge in [0.15, 0.2) is 11.4 Å². The van der Waals surface area contributed by atoms with Gasteiger partial charge in [-0.15, -0.1) is 0 Å². The summed E-state index contributed by atoms with van der Waals surface area (Å²) in [5.41, 5.74) is 4.39. The van der Waals surface area contributed by atoms with E-state index in [1.165, 1.54) is 0 Å². The van der Waals surface area contributed by atoms with E-state index in [4.69, 9.17) is 20.0 Å². The first-order valence-electron chi connectivity index (χ1n) is 10.4. The van der Waals surface area contributed by atoms with Gasteiger partial charge in [-0.1, -0.05) is 0 Å². The molecule has 0 aliphatic heterocycles. The Morgan fingerprint density at radius 3 is 2.38 bits per heavy atom. The Balaban J connectivity index is 1.47. The summed E-state index contributed by atoms with van der Waals surface area (Å²) < 4.78 is 11.9. The summed E-state index contributed by atoms with van der Waals surface area (Å²) >= 11 is 0. The van der Waals surface area contributed by atoms with E-state index < -0.39 is 0 Å². The molecule has 2 aromatic carbocycles. The molecule has 0 atom stereocenters. The van der Waals surface area contributed by atoms with Gasteiger partial charge >= 0.3 is 0 Å². The summed E-state index contributed by atoms with van der Waals surface area (Å²) in [6.07, 6.45) is 3.17. The minimum absolute atomic E-state index is 0.255. The van der Waals surface area contributed by atoms with E-state index in [1.807, 2.05) is 32.0 Å². The van der Waals surface area contributed by atoms with E-state index in [9.17, 15) is 0 Å². The molecule has 8 nitrogen and oxygen atoms in total. The molecule has 2 aromatic heterocycles. The average molecular weight is 448 g/mol. The monoisotopic (exact) mass is 448 g/mol. The van der Waals surface area contributed by atoms with E-state index in [-0.39, 0.29) is 5.69 Å². The second-order valence-corrected chi connectivity index (χ2v) is 7.44. The van der Waals surface area contributed by atoms with Gasteiger partial charge in [-0.25, -0.2) is 9.97 Å². The molecule has 0 aliphatic rings. The van der Waals surface area contributed by atoms with Gasteiger partial charge in [-0.05, 0) is 79.1 Å². The number of aryl methyl sites for hydroxylation is 2. The molecule has 4 aromatic rings. The third kappa shape index (κ3) is 5.26. The van der Waals surface area contributed by atoms with Crippen molar-refractivity contribution in [3.8, 4) is 29.5 Å². The van der Waals surface area contributed by atoms with Crippen LogP contribution in [0.4, 0.5) is 11.6 Å². The summed E-state index contributed by atoms with van der Waals surface area (Å²) in [6.45, 7) is 4.20. The van der Waals surface area contributed by atoms with Crippen molar-refractivity contribution in [2.24, 2.45) is 0 Å². The molecule has 8 heteroatoms. The van der Waals surface area contributed by atoms with Crippen LogP contribution < -0.4 is 14.8 Å². The molecule has 0 amide bonds. The maximum Gasteiger partial charge on any atom is 0.230 e. The molecular weight excluding hydrogens is 428 g/mol. The lowest BCUT2D eigenvalue weighted by Gasteiger charge is -2.14. The zero-order valence-corrected chi connectivity index (χ0v) is 18.6. The highest BCUT2D eigenvalue weighted by molar-refractivity contribution is 5.55. The number of benzene rings is 2. The van der Waals surface area contributed by atoms with Gasteiger partial charge in [0.25, 0.3) is 0 Å². The van der Waals surface area contributed by atoms with Crippen molar-refractivity contribution in [2.75, 3.05) is 5.32 Å². The van der Waals surface area contributed by atoms with E-state index in [2.05, 4.69) is 26.3 Å². The summed E-state index contributed by atoms with van der Waals surface area (Å²) in [4.78, 5) is 12.7. The Labute approximate surface area is 197 Å². The molecule has 0 unspecified atom stereocenters. The SMILES string of the molecule is Cc1cc(COc2cccnc2C#N)cc(C)c1Oc1ccnc(Nc2ccc(C#N)cc2)n1. The standard InChI is InChI=1S/C26H20N6O2/c1-17-12-20(16-33-23-4-3-10-29-22(23)15-28)13-18(2)25(17)34-24-9-11-30-26(32-24)31-21-7-5-19(14-27)6-8-21/h3-13H,16H2,1-2H3,(H,30,31,32).